The van der Waals surface area contributed by atoms with Crippen molar-refractivity contribution in [1.82, 2.24) is 29.3 Å². The summed E-state index contributed by atoms with van der Waals surface area (Å²) >= 11 is 0. The van der Waals surface area contributed by atoms with Crippen molar-refractivity contribution in [3.63, 3.8) is 0 Å². The van der Waals surface area contributed by atoms with Crippen molar-refractivity contribution in [2.75, 3.05) is 0 Å². The number of hydrogen-bond donors (Lipinski definition) is 0. The Balaban J connectivity index is 0.574. The van der Waals surface area contributed by atoms with Gasteiger partial charge in [-0.15, -0.1) is 10.2 Å². The number of fused-ring (bicyclic) bond motifs is 25. The summed E-state index contributed by atoms with van der Waals surface area (Å²) in [6, 6.07) is 123. The van der Waals surface area contributed by atoms with E-state index >= 15 is 0 Å². The lowest BCUT2D eigenvalue weighted by Gasteiger charge is -2.39. The standard InChI is InChI=1S/C96H56N6O/c1-2-20-58(21-3-1)92-97-56-76-67(29-19-38-85(76)98-92)66-25-5-4-24-65(66)63-47-50-80-74(55-63)69-27-7-10-33-78(69)96(80)82-35-12-15-41-89(82)102-87-51-48-61(54-75(87)72-31-18-37-84(96)91(72)102)57-42-44-59(45-43-57)93-99-100-94(103-93)64-23-16-22-60(52-64)62-46-49-79-73(53-62)68-26-6-9-32-77(68)95(79)81-34-11-14-40-88(81)101-86-39-13-8-28-70(86)71-30-17-36-83(95)90(71)101/h1-56H. The number of benzene rings is 15. The highest BCUT2D eigenvalue weighted by molar-refractivity contribution is 6.15. The summed E-state index contributed by atoms with van der Waals surface area (Å²) in [5, 5.41) is 15.3. The highest BCUT2D eigenvalue weighted by Gasteiger charge is 2.53. The third-order valence-corrected chi connectivity index (χ3v) is 23.0. The predicted octanol–water partition coefficient (Wildman–Crippen LogP) is 23.2. The van der Waals surface area contributed by atoms with E-state index in [1.54, 1.807) is 0 Å². The van der Waals surface area contributed by atoms with Crippen LogP contribution in [-0.4, -0.2) is 29.3 Å². The predicted molar refractivity (Wildman–Crippen MR) is 416 cm³/mol. The summed E-state index contributed by atoms with van der Waals surface area (Å²) in [5.74, 6) is 1.66. The topological polar surface area (TPSA) is 74.6 Å². The molecule has 0 saturated heterocycles. The summed E-state index contributed by atoms with van der Waals surface area (Å²) in [6.07, 6.45) is 1.99. The van der Waals surface area contributed by atoms with Crippen LogP contribution in [0, 0.1) is 0 Å². The molecule has 2 spiro atoms. The molecule has 0 fully saturated rings. The average molecular weight is 1310 g/mol. The molecular weight excluding hydrogens is 1250 g/mol. The van der Waals surface area contributed by atoms with E-state index in [-0.39, 0.29) is 0 Å². The van der Waals surface area contributed by atoms with Crippen LogP contribution < -0.4 is 0 Å². The maximum Gasteiger partial charge on any atom is 0.248 e. The molecule has 2 aliphatic heterocycles. The van der Waals surface area contributed by atoms with Crippen LogP contribution in [0.3, 0.4) is 0 Å². The van der Waals surface area contributed by atoms with Crippen LogP contribution in [0.1, 0.15) is 44.5 Å². The molecule has 0 amide bonds. The molecule has 19 aromatic rings. The highest BCUT2D eigenvalue weighted by atomic mass is 16.4. The van der Waals surface area contributed by atoms with E-state index in [2.05, 4.69) is 335 Å². The molecule has 0 radical (unpaired) electrons. The molecule has 6 heterocycles. The van der Waals surface area contributed by atoms with Crippen LogP contribution in [0.5, 0.6) is 0 Å². The minimum atomic E-state index is -0.588. The third kappa shape index (κ3) is 7.56. The minimum Gasteiger partial charge on any atom is -0.416 e. The van der Waals surface area contributed by atoms with E-state index in [9.17, 15) is 0 Å². The molecule has 4 aromatic heterocycles. The lowest BCUT2D eigenvalue weighted by atomic mass is 9.65. The zero-order valence-corrected chi connectivity index (χ0v) is 55.4. The van der Waals surface area contributed by atoms with Crippen LogP contribution in [0.15, 0.2) is 344 Å². The van der Waals surface area contributed by atoms with Gasteiger partial charge in [0, 0.05) is 49.8 Å². The van der Waals surface area contributed by atoms with Gasteiger partial charge in [0.1, 0.15) is 0 Å². The van der Waals surface area contributed by atoms with Crippen molar-refractivity contribution in [3.8, 4) is 112 Å². The van der Waals surface area contributed by atoms with Crippen molar-refractivity contribution in [3.05, 3.63) is 384 Å². The Hall–Kier alpha value is -13.6. The van der Waals surface area contributed by atoms with E-state index < -0.39 is 10.8 Å². The number of rotatable bonds is 7. The van der Waals surface area contributed by atoms with Crippen molar-refractivity contribution < 1.29 is 4.42 Å². The lowest BCUT2D eigenvalue weighted by Crippen LogP contribution is -2.33. The van der Waals surface area contributed by atoms with Gasteiger partial charge in [-0.1, -0.05) is 261 Å². The molecule has 476 valence electrons. The molecule has 4 aliphatic rings. The smallest absolute Gasteiger partial charge is 0.248 e. The Morgan fingerprint density at radius 1 is 0.252 bits per heavy atom. The van der Waals surface area contributed by atoms with E-state index in [0.29, 0.717) is 11.8 Å². The van der Waals surface area contributed by atoms with Gasteiger partial charge >= 0.3 is 0 Å². The van der Waals surface area contributed by atoms with Crippen LogP contribution in [0.4, 0.5) is 0 Å². The van der Waals surface area contributed by atoms with Crippen LogP contribution in [-0.2, 0) is 10.8 Å². The SMILES string of the molecule is c1ccc(-c2ncc3c(-c4ccccc4-c4ccc5c(c4)-c4ccccc4C54c5ccccc5-n5c6ccc(-c7ccc(-c8nnc(-c9cccc(-c%10ccc%11c(c%10)-c%10ccccc%10C%11%10c%11ccccc%11-n%11c%12ccccc%12c%12cccc%10c%12%11)c9)o8)cc7)cc6c6cccc4c65)cccc3n2)cc1. The van der Waals surface area contributed by atoms with Gasteiger partial charge in [0.2, 0.25) is 11.8 Å². The first-order chi connectivity index (χ1) is 51.1. The zero-order chi connectivity index (χ0) is 67.2. The number of nitrogens with zero attached hydrogens (tertiary/aromatic N) is 6. The third-order valence-electron chi connectivity index (χ3n) is 23.0. The Bertz CT molecular complexity index is 6890. The highest BCUT2D eigenvalue weighted by Crippen LogP contribution is 2.64. The maximum absolute atomic E-state index is 6.59. The molecule has 0 N–H and O–H groups in total. The van der Waals surface area contributed by atoms with Crippen molar-refractivity contribution in [2.45, 2.75) is 10.8 Å². The summed E-state index contributed by atoms with van der Waals surface area (Å²) in [4.78, 5) is 9.98. The van der Waals surface area contributed by atoms with Gasteiger partial charge < -0.3 is 13.6 Å². The summed E-state index contributed by atoms with van der Waals surface area (Å²) in [6.45, 7) is 0. The zero-order valence-electron chi connectivity index (χ0n) is 55.4. The first-order valence-electron chi connectivity index (χ1n) is 35.3. The molecule has 103 heavy (non-hydrogen) atoms. The number of para-hydroxylation sites is 5. The van der Waals surface area contributed by atoms with Gasteiger partial charge in [0.25, 0.3) is 0 Å². The largest absolute Gasteiger partial charge is 0.416 e. The lowest BCUT2D eigenvalue weighted by molar-refractivity contribution is 0.584. The fourth-order valence-electron chi connectivity index (χ4n) is 18.8. The first-order valence-corrected chi connectivity index (χ1v) is 35.3. The molecule has 0 bridgehead atoms. The number of hydrogen-bond acceptors (Lipinski definition) is 5. The van der Waals surface area contributed by atoms with Gasteiger partial charge in [0.05, 0.1) is 49.8 Å². The Morgan fingerprint density at radius 3 is 1.42 bits per heavy atom. The molecule has 2 aliphatic carbocycles. The molecule has 0 saturated carbocycles. The van der Waals surface area contributed by atoms with Gasteiger partial charge in [0.15, 0.2) is 5.82 Å². The van der Waals surface area contributed by atoms with Gasteiger partial charge in [-0.25, -0.2) is 9.97 Å². The van der Waals surface area contributed by atoms with Gasteiger partial charge in [-0.05, 0) is 184 Å². The fraction of sp³-hybridized carbons (Fsp3) is 0.0208. The van der Waals surface area contributed by atoms with Gasteiger partial charge in [-0.3, -0.25) is 0 Å². The van der Waals surface area contributed by atoms with Crippen LogP contribution >= 0.6 is 0 Å². The molecular formula is C96H56N6O. The Morgan fingerprint density at radius 2 is 0.709 bits per heavy atom. The summed E-state index contributed by atoms with van der Waals surface area (Å²) in [7, 11) is 0. The van der Waals surface area contributed by atoms with E-state index in [0.717, 1.165) is 77.9 Å². The molecule has 2 atom stereocenters. The monoisotopic (exact) mass is 1310 g/mol. The molecule has 7 heteroatoms. The Kier molecular flexibility index (Phi) is 11.5. The second-order valence-corrected chi connectivity index (χ2v) is 27.9. The van der Waals surface area contributed by atoms with Crippen molar-refractivity contribution >= 4 is 54.5 Å². The molecule has 15 aromatic carbocycles. The van der Waals surface area contributed by atoms with E-state index in [1.165, 1.54) is 122 Å². The summed E-state index contributed by atoms with van der Waals surface area (Å²) < 4.78 is 11.6. The van der Waals surface area contributed by atoms with Crippen LogP contribution in [0.2, 0.25) is 0 Å². The maximum atomic E-state index is 6.59. The van der Waals surface area contributed by atoms with E-state index in [4.69, 9.17) is 14.4 Å². The first kappa shape index (κ1) is 56.3. The normalized spacial score (nSPS) is 15.5. The molecule has 2 unspecified atom stereocenters. The average Bonchev–Trinajstić information content (AvgIpc) is 1.52. The van der Waals surface area contributed by atoms with Crippen LogP contribution in [0.25, 0.3) is 167 Å². The fourth-order valence-corrected chi connectivity index (χ4v) is 18.8. The minimum absolute atomic E-state index is 0.468. The van der Waals surface area contributed by atoms with E-state index in [1.807, 2.05) is 24.4 Å². The Labute approximate surface area is 592 Å². The van der Waals surface area contributed by atoms with Crippen molar-refractivity contribution in [1.29, 1.82) is 0 Å². The van der Waals surface area contributed by atoms with Gasteiger partial charge in [-0.2, -0.15) is 0 Å². The number of aromatic nitrogens is 6. The van der Waals surface area contributed by atoms with Crippen molar-refractivity contribution in [2.24, 2.45) is 0 Å². The quantitative estimate of drug-likeness (QED) is 0.159. The summed E-state index contributed by atoms with van der Waals surface area (Å²) in [5.41, 5.74) is 34.1. The second-order valence-electron chi connectivity index (χ2n) is 27.9. The molecule has 7 nitrogen and oxygen atoms in total. The second kappa shape index (κ2) is 21.0. The molecule has 23 rings (SSSR count).